The van der Waals surface area contributed by atoms with Gasteiger partial charge >= 0.3 is 0 Å². The van der Waals surface area contributed by atoms with Crippen LogP contribution in [0.5, 0.6) is 0 Å². The van der Waals surface area contributed by atoms with E-state index in [2.05, 4.69) is 0 Å². The van der Waals surface area contributed by atoms with Crippen LogP contribution in [0, 0.1) is 5.41 Å². The van der Waals surface area contributed by atoms with Crippen molar-refractivity contribution in [1.82, 2.24) is 0 Å². The second-order valence-electron chi connectivity index (χ2n) is 7.25. The molecule has 1 aliphatic heterocycles. The van der Waals surface area contributed by atoms with Gasteiger partial charge < -0.3 is 29.2 Å². The Hall–Kier alpha value is -0.240. The molecule has 0 radical (unpaired) electrons. The monoisotopic (exact) mass is 316 g/mol. The fourth-order valence-electron chi connectivity index (χ4n) is 4.09. The number of hydrogen-bond donors (Lipinski definition) is 2. The van der Waals surface area contributed by atoms with Gasteiger partial charge in [-0.25, -0.2) is 0 Å². The van der Waals surface area contributed by atoms with Crippen LogP contribution >= 0.6 is 0 Å². The molecule has 1 atom stereocenters. The van der Waals surface area contributed by atoms with E-state index >= 15 is 0 Å². The summed E-state index contributed by atoms with van der Waals surface area (Å²) < 4.78 is 22.1. The molecule has 6 nitrogen and oxygen atoms in total. The highest BCUT2D eigenvalue weighted by atomic mass is 16.7. The van der Waals surface area contributed by atoms with Gasteiger partial charge in [0.25, 0.3) is 0 Å². The Kier molecular flexibility index (Phi) is 4.29. The molecule has 3 rings (SSSR count). The molecule has 1 spiro atoms. The van der Waals surface area contributed by atoms with E-state index in [1.165, 1.54) is 0 Å². The summed E-state index contributed by atoms with van der Waals surface area (Å²) >= 11 is 0. The zero-order valence-corrected chi connectivity index (χ0v) is 13.6. The first-order valence-corrected chi connectivity index (χ1v) is 8.18. The molecule has 3 fully saturated rings. The molecular formula is C16H28O6. The highest BCUT2D eigenvalue weighted by molar-refractivity contribution is 5.16. The van der Waals surface area contributed by atoms with Gasteiger partial charge in [0, 0.05) is 25.4 Å². The molecule has 6 heteroatoms. The maximum Gasteiger partial charge on any atom is 0.168 e. The summed E-state index contributed by atoms with van der Waals surface area (Å²) in [4.78, 5) is 0. The topological polar surface area (TPSA) is 77.4 Å². The predicted octanol–water partition coefficient (Wildman–Crippen LogP) is 1.19. The Bertz CT molecular complexity index is 387. The predicted molar refractivity (Wildman–Crippen MR) is 78.2 cm³/mol. The average Bonchev–Trinajstić information content (AvgIpc) is 3.10. The molecule has 0 aromatic carbocycles. The van der Waals surface area contributed by atoms with E-state index in [0.29, 0.717) is 45.5 Å². The van der Waals surface area contributed by atoms with Crippen molar-refractivity contribution in [3.05, 3.63) is 0 Å². The fraction of sp³-hybridized carbons (Fsp3) is 1.00. The van der Waals surface area contributed by atoms with Crippen molar-refractivity contribution in [3.8, 4) is 0 Å². The fourth-order valence-corrected chi connectivity index (χ4v) is 4.09. The van der Waals surface area contributed by atoms with Crippen molar-refractivity contribution in [2.45, 2.75) is 62.4 Å². The quantitative estimate of drug-likeness (QED) is 0.566. The number of hydrogen-bond acceptors (Lipinski definition) is 6. The van der Waals surface area contributed by atoms with E-state index < -0.39 is 22.4 Å². The molecule has 2 N–H and O–H groups in total. The SMILES string of the molecule is COCOCC1([C@](C)(O)C2(O)CC2)CCC2(CC1)OCCO2. The molecular weight excluding hydrogens is 288 g/mol. The molecule has 0 aromatic rings. The van der Waals surface area contributed by atoms with Gasteiger partial charge in [0.1, 0.15) is 6.79 Å². The third kappa shape index (κ3) is 2.60. The Balaban J connectivity index is 1.76. The van der Waals surface area contributed by atoms with Crippen LogP contribution in [-0.4, -0.2) is 60.9 Å². The van der Waals surface area contributed by atoms with Crippen molar-refractivity contribution in [2.24, 2.45) is 5.41 Å². The zero-order valence-electron chi connectivity index (χ0n) is 13.6. The van der Waals surface area contributed by atoms with Crippen LogP contribution in [0.4, 0.5) is 0 Å². The third-order valence-corrected chi connectivity index (χ3v) is 6.02. The van der Waals surface area contributed by atoms with Gasteiger partial charge in [0.15, 0.2) is 5.79 Å². The lowest BCUT2D eigenvalue weighted by molar-refractivity contribution is -0.247. The Morgan fingerprint density at radius 3 is 2.14 bits per heavy atom. The molecule has 2 aliphatic carbocycles. The molecule has 1 heterocycles. The minimum absolute atomic E-state index is 0.189. The molecule has 22 heavy (non-hydrogen) atoms. The van der Waals surface area contributed by atoms with Gasteiger partial charge in [0.2, 0.25) is 0 Å². The van der Waals surface area contributed by atoms with Crippen LogP contribution in [0.3, 0.4) is 0 Å². The van der Waals surface area contributed by atoms with Gasteiger partial charge in [-0.3, -0.25) is 0 Å². The minimum Gasteiger partial charge on any atom is -0.387 e. The highest BCUT2D eigenvalue weighted by Crippen LogP contribution is 2.59. The van der Waals surface area contributed by atoms with Gasteiger partial charge in [-0.2, -0.15) is 0 Å². The Morgan fingerprint density at radius 2 is 1.64 bits per heavy atom. The standard InChI is InChI=1S/C16H28O6/c1-13(17,15(18)5-6-15)14(11-20-12-19-2)3-7-16(8-4-14)21-9-10-22-16/h17-18H,3-12H2,1-2H3/t13-/m0/s1. The summed E-state index contributed by atoms with van der Waals surface area (Å²) in [5.41, 5.74) is -2.68. The summed E-state index contributed by atoms with van der Waals surface area (Å²) in [5, 5.41) is 21.8. The van der Waals surface area contributed by atoms with Gasteiger partial charge in [-0.1, -0.05) is 0 Å². The normalized spacial score (nSPS) is 31.1. The van der Waals surface area contributed by atoms with E-state index in [9.17, 15) is 10.2 Å². The van der Waals surface area contributed by atoms with Gasteiger partial charge in [-0.15, -0.1) is 0 Å². The van der Waals surface area contributed by atoms with Gasteiger partial charge in [-0.05, 0) is 32.6 Å². The molecule has 128 valence electrons. The van der Waals surface area contributed by atoms with E-state index in [1.54, 1.807) is 14.0 Å². The first-order chi connectivity index (χ1) is 10.4. The van der Waals surface area contributed by atoms with Crippen molar-refractivity contribution < 1.29 is 29.2 Å². The van der Waals surface area contributed by atoms with E-state index in [0.717, 1.165) is 12.8 Å². The lowest BCUT2D eigenvalue weighted by Gasteiger charge is -2.52. The van der Waals surface area contributed by atoms with Crippen LogP contribution in [0.1, 0.15) is 45.4 Å². The summed E-state index contributed by atoms with van der Waals surface area (Å²) in [5.74, 6) is -0.493. The second-order valence-corrected chi connectivity index (χ2v) is 7.25. The average molecular weight is 316 g/mol. The number of ether oxygens (including phenoxy) is 4. The molecule has 1 saturated heterocycles. The Morgan fingerprint density at radius 1 is 1.05 bits per heavy atom. The van der Waals surface area contributed by atoms with Crippen LogP contribution in [0.15, 0.2) is 0 Å². The Labute approximate surface area is 131 Å². The van der Waals surface area contributed by atoms with E-state index in [1.807, 2.05) is 0 Å². The molecule has 3 aliphatic rings. The minimum atomic E-state index is -1.19. The van der Waals surface area contributed by atoms with Crippen molar-refractivity contribution in [1.29, 1.82) is 0 Å². The maximum absolute atomic E-state index is 11.2. The molecule has 0 bridgehead atoms. The number of methoxy groups -OCH3 is 1. The van der Waals surface area contributed by atoms with Crippen LogP contribution in [0.25, 0.3) is 0 Å². The molecule has 0 unspecified atom stereocenters. The smallest absolute Gasteiger partial charge is 0.168 e. The van der Waals surface area contributed by atoms with Crippen molar-refractivity contribution in [2.75, 3.05) is 33.7 Å². The second kappa shape index (κ2) is 5.69. The maximum atomic E-state index is 11.2. The lowest BCUT2D eigenvalue weighted by Crippen LogP contribution is -2.60. The first kappa shape index (κ1) is 16.6. The van der Waals surface area contributed by atoms with Crippen LogP contribution in [-0.2, 0) is 18.9 Å². The van der Waals surface area contributed by atoms with Crippen molar-refractivity contribution >= 4 is 0 Å². The van der Waals surface area contributed by atoms with Crippen molar-refractivity contribution in [3.63, 3.8) is 0 Å². The van der Waals surface area contributed by atoms with E-state index in [4.69, 9.17) is 18.9 Å². The number of rotatable bonds is 6. The third-order valence-electron chi connectivity index (χ3n) is 6.02. The molecule has 0 aromatic heterocycles. The molecule has 0 amide bonds. The zero-order chi connectivity index (χ0) is 15.9. The summed E-state index contributed by atoms with van der Waals surface area (Å²) in [6.07, 6.45) is 4.12. The summed E-state index contributed by atoms with van der Waals surface area (Å²) in [7, 11) is 1.58. The first-order valence-electron chi connectivity index (χ1n) is 8.18. The van der Waals surface area contributed by atoms with Crippen LogP contribution < -0.4 is 0 Å². The van der Waals surface area contributed by atoms with Gasteiger partial charge in [0.05, 0.1) is 31.0 Å². The summed E-state index contributed by atoms with van der Waals surface area (Å²) in [6, 6.07) is 0. The number of aliphatic hydroxyl groups is 2. The van der Waals surface area contributed by atoms with Crippen LogP contribution in [0.2, 0.25) is 0 Å². The van der Waals surface area contributed by atoms with E-state index in [-0.39, 0.29) is 6.79 Å². The highest BCUT2D eigenvalue weighted by Gasteiger charge is 2.66. The largest absolute Gasteiger partial charge is 0.387 e. The molecule has 2 saturated carbocycles. The lowest BCUT2D eigenvalue weighted by atomic mass is 9.60. The summed E-state index contributed by atoms with van der Waals surface area (Å²) in [6.45, 7) is 3.58.